The van der Waals surface area contributed by atoms with E-state index < -0.39 is 0 Å². The average molecular weight is 274 g/mol. The zero-order chi connectivity index (χ0) is 13.8. The van der Waals surface area contributed by atoms with Gasteiger partial charge in [0.2, 0.25) is 5.95 Å². The van der Waals surface area contributed by atoms with E-state index in [-0.39, 0.29) is 5.95 Å². The van der Waals surface area contributed by atoms with E-state index in [4.69, 9.17) is 22.6 Å². The van der Waals surface area contributed by atoms with Crippen LogP contribution in [0.3, 0.4) is 0 Å². The number of anilines is 2. The van der Waals surface area contributed by atoms with Crippen LogP contribution in [0.1, 0.15) is 11.1 Å². The summed E-state index contributed by atoms with van der Waals surface area (Å²) < 4.78 is 0. The molecule has 0 spiro atoms. The third kappa shape index (κ3) is 3.12. The number of aromatic nitrogens is 2. The lowest BCUT2D eigenvalue weighted by atomic mass is 10.1. The Morgan fingerprint density at radius 1 is 1.47 bits per heavy atom. The lowest BCUT2D eigenvalue weighted by Gasteiger charge is -2.19. The number of benzene rings is 1. The number of nitrogens with two attached hydrogens (primary N) is 1. The molecule has 0 fully saturated rings. The minimum absolute atomic E-state index is 0.178. The van der Waals surface area contributed by atoms with Gasteiger partial charge in [-0.15, -0.1) is 0 Å². The molecule has 0 aliphatic carbocycles. The largest absolute Gasteiger partial charge is 0.368 e. The molecule has 2 aromatic rings. The van der Waals surface area contributed by atoms with Crippen LogP contribution in [0.4, 0.5) is 11.8 Å². The van der Waals surface area contributed by atoms with Gasteiger partial charge in [0.25, 0.3) is 0 Å². The molecule has 0 saturated heterocycles. The summed E-state index contributed by atoms with van der Waals surface area (Å²) in [6.07, 6.45) is 1.47. The Kier molecular flexibility index (Phi) is 3.83. The third-order valence-electron chi connectivity index (χ3n) is 2.58. The van der Waals surface area contributed by atoms with Crippen molar-refractivity contribution in [2.24, 2.45) is 0 Å². The van der Waals surface area contributed by atoms with Gasteiger partial charge in [-0.05, 0) is 17.7 Å². The van der Waals surface area contributed by atoms with Crippen molar-refractivity contribution in [3.8, 4) is 6.07 Å². The van der Waals surface area contributed by atoms with E-state index in [9.17, 15) is 0 Å². The first kappa shape index (κ1) is 13.1. The Morgan fingerprint density at radius 2 is 2.26 bits per heavy atom. The molecule has 1 aromatic heterocycles. The van der Waals surface area contributed by atoms with Crippen molar-refractivity contribution >= 4 is 23.4 Å². The second-order valence-electron chi connectivity index (χ2n) is 4.07. The van der Waals surface area contributed by atoms with Crippen LogP contribution in [-0.2, 0) is 6.54 Å². The van der Waals surface area contributed by atoms with Crippen LogP contribution in [0.5, 0.6) is 0 Å². The molecular weight excluding hydrogens is 262 g/mol. The molecule has 19 heavy (non-hydrogen) atoms. The van der Waals surface area contributed by atoms with Crippen molar-refractivity contribution in [3.63, 3.8) is 0 Å². The SMILES string of the molecule is CN(Cc1cccc(C#N)c1)c1nc(N)ncc1Cl. The van der Waals surface area contributed by atoms with E-state index in [2.05, 4.69) is 16.0 Å². The standard InChI is InChI=1S/C13H12ClN5/c1-19(12-11(14)7-17-13(16)18-12)8-10-4-2-3-9(5-10)6-15/h2-5,7H,8H2,1H3,(H2,16,17,18). The predicted octanol–water partition coefficient (Wildman–Crippen LogP) is 2.22. The fourth-order valence-corrected chi connectivity index (χ4v) is 1.96. The summed E-state index contributed by atoms with van der Waals surface area (Å²) >= 11 is 6.04. The molecule has 5 nitrogen and oxygen atoms in total. The van der Waals surface area contributed by atoms with Gasteiger partial charge in [-0.2, -0.15) is 10.2 Å². The minimum atomic E-state index is 0.178. The first-order valence-electron chi connectivity index (χ1n) is 5.58. The highest BCUT2D eigenvalue weighted by atomic mass is 35.5. The lowest BCUT2D eigenvalue weighted by molar-refractivity contribution is 0.893. The molecule has 2 N–H and O–H groups in total. The van der Waals surface area contributed by atoms with Crippen LogP contribution in [0, 0.1) is 11.3 Å². The van der Waals surface area contributed by atoms with Crippen LogP contribution < -0.4 is 10.6 Å². The smallest absolute Gasteiger partial charge is 0.222 e. The third-order valence-corrected chi connectivity index (χ3v) is 2.85. The number of rotatable bonds is 3. The summed E-state index contributed by atoms with van der Waals surface area (Å²) in [6.45, 7) is 0.575. The van der Waals surface area contributed by atoms with E-state index >= 15 is 0 Å². The summed E-state index contributed by atoms with van der Waals surface area (Å²) in [7, 11) is 1.85. The van der Waals surface area contributed by atoms with Gasteiger partial charge in [-0.1, -0.05) is 23.7 Å². The van der Waals surface area contributed by atoms with E-state index in [1.165, 1.54) is 6.20 Å². The van der Waals surface area contributed by atoms with E-state index in [1.807, 2.05) is 30.1 Å². The summed E-state index contributed by atoms with van der Waals surface area (Å²) in [5.41, 5.74) is 7.17. The molecule has 0 unspecified atom stereocenters. The van der Waals surface area contributed by atoms with Crippen molar-refractivity contribution in [1.82, 2.24) is 9.97 Å². The Morgan fingerprint density at radius 3 is 3.00 bits per heavy atom. The molecule has 0 amide bonds. The first-order valence-corrected chi connectivity index (χ1v) is 5.96. The fraction of sp³-hybridized carbons (Fsp3) is 0.154. The quantitative estimate of drug-likeness (QED) is 0.928. The number of nitrogen functional groups attached to an aromatic ring is 1. The Bertz CT molecular complexity index is 635. The summed E-state index contributed by atoms with van der Waals surface area (Å²) in [6, 6.07) is 9.49. The highest BCUT2D eigenvalue weighted by molar-refractivity contribution is 6.32. The van der Waals surface area contributed by atoms with Crippen molar-refractivity contribution in [1.29, 1.82) is 5.26 Å². The van der Waals surface area contributed by atoms with E-state index in [0.29, 0.717) is 22.9 Å². The summed E-state index contributed by atoms with van der Waals surface area (Å²) in [4.78, 5) is 9.79. The Labute approximate surface area is 116 Å². The zero-order valence-corrected chi connectivity index (χ0v) is 11.1. The highest BCUT2D eigenvalue weighted by Gasteiger charge is 2.10. The van der Waals surface area contributed by atoms with Gasteiger partial charge in [0.05, 0.1) is 17.8 Å². The van der Waals surface area contributed by atoms with Gasteiger partial charge < -0.3 is 10.6 Å². The number of nitrogens with zero attached hydrogens (tertiary/aromatic N) is 4. The monoisotopic (exact) mass is 273 g/mol. The Hall–Kier alpha value is -2.32. The topological polar surface area (TPSA) is 78.8 Å². The second-order valence-corrected chi connectivity index (χ2v) is 4.48. The number of nitriles is 1. The van der Waals surface area contributed by atoms with Gasteiger partial charge >= 0.3 is 0 Å². The molecule has 0 aliphatic rings. The number of hydrogen-bond donors (Lipinski definition) is 1. The molecule has 0 atom stereocenters. The van der Waals surface area contributed by atoms with Crippen LogP contribution >= 0.6 is 11.6 Å². The average Bonchev–Trinajstić information content (AvgIpc) is 2.41. The molecule has 0 saturated carbocycles. The van der Waals surface area contributed by atoms with Gasteiger partial charge in [-0.3, -0.25) is 0 Å². The molecule has 0 bridgehead atoms. The van der Waals surface area contributed by atoms with Gasteiger partial charge in [0.1, 0.15) is 5.02 Å². The molecule has 96 valence electrons. The first-order chi connectivity index (χ1) is 9.10. The molecule has 6 heteroatoms. The van der Waals surface area contributed by atoms with Crippen molar-refractivity contribution < 1.29 is 0 Å². The normalized spacial score (nSPS) is 9.95. The predicted molar refractivity (Wildman–Crippen MR) is 74.7 cm³/mol. The maximum Gasteiger partial charge on any atom is 0.222 e. The van der Waals surface area contributed by atoms with Crippen LogP contribution in [0.15, 0.2) is 30.5 Å². The van der Waals surface area contributed by atoms with E-state index in [1.54, 1.807) is 6.07 Å². The molecule has 1 aromatic carbocycles. The number of hydrogen-bond acceptors (Lipinski definition) is 5. The lowest BCUT2D eigenvalue weighted by Crippen LogP contribution is -2.19. The number of halogens is 1. The molecule has 0 aliphatic heterocycles. The summed E-state index contributed by atoms with van der Waals surface area (Å²) in [5.74, 6) is 0.744. The second kappa shape index (κ2) is 5.55. The van der Waals surface area contributed by atoms with Crippen molar-refractivity contribution in [3.05, 3.63) is 46.6 Å². The van der Waals surface area contributed by atoms with Crippen molar-refractivity contribution in [2.45, 2.75) is 6.54 Å². The van der Waals surface area contributed by atoms with Crippen LogP contribution in [0.25, 0.3) is 0 Å². The van der Waals surface area contributed by atoms with Crippen LogP contribution in [0.2, 0.25) is 5.02 Å². The summed E-state index contributed by atoms with van der Waals surface area (Å²) in [5, 5.41) is 9.31. The molecule has 0 radical (unpaired) electrons. The maximum atomic E-state index is 8.87. The van der Waals surface area contributed by atoms with Crippen molar-refractivity contribution in [2.75, 3.05) is 17.7 Å². The fourth-order valence-electron chi connectivity index (χ4n) is 1.73. The molecular formula is C13H12ClN5. The van der Waals surface area contributed by atoms with Gasteiger partial charge in [0, 0.05) is 13.6 Å². The highest BCUT2D eigenvalue weighted by Crippen LogP contribution is 2.23. The maximum absolute atomic E-state index is 8.87. The zero-order valence-electron chi connectivity index (χ0n) is 10.3. The van der Waals surface area contributed by atoms with Gasteiger partial charge in [0.15, 0.2) is 5.82 Å². The van der Waals surface area contributed by atoms with E-state index in [0.717, 1.165) is 5.56 Å². The molecule has 2 rings (SSSR count). The van der Waals surface area contributed by atoms with Gasteiger partial charge in [-0.25, -0.2) is 4.98 Å². The Balaban J connectivity index is 2.23. The van der Waals surface area contributed by atoms with Crippen LogP contribution in [-0.4, -0.2) is 17.0 Å². The minimum Gasteiger partial charge on any atom is -0.368 e. The molecule has 1 heterocycles.